The van der Waals surface area contributed by atoms with Crippen LogP contribution in [0.3, 0.4) is 0 Å². The minimum atomic E-state index is -3.90. The zero-order valence-electron chi connectivity index (χ0n) is 15.2. The van der Waals surface area contributed by atoms with E-state index in [-0.39, 0.29) is 20.2 Å². The number of rotatable bonds is 5. The molecule has 3 nitrogen and oxygen atoms in total. The van der Waals surface area contributed by atoms with E-state index in [1.165, 1.54) is 0 Å². The predicted octanol–water partition coefficient (Wildman–Crippen LogP) is 5.10. The van der Waals surface area contributed by atoms with Crippen molar-refractivity contribution in [3.63, 3.8) is 0 Å². The molecule has 8 atom stereocenters. The molecule has 8 unspecified atom stereocenters. The summed E-state index contributed by atoms with van der Waals surface area (Å²) in [5.41, 5.74) is 1.06. The summed E-state index contributed by atoms with van der Waals surface area (Å²) in [4.78, 5) is 46.0. The van der Waals surface area contributed by atoms with Gasteiger partial charge in [0.1, 0.15) is 0 Å². The van der Waals surface area contributed by atoms with Crippen molar-refractivity contribution in [2.45, 2.75) is 61.0 Å². The number of carbonyl (C=O) groups is 3. The molecular weight excluding hydrogens is 380 g/mol. The molecule has 0 radical (unpaired) electrons. The average molecular weight is 400 g/mol. The Bertz CT molecular complexity index is 1600. The van der Waals surface area contributed by atoms with Crippen LogP contribution in [0.4, 0.5) is 0 Å². The van der Waals surface area contributed by atoms with Gasteiger partial charge in [-0.2, -0.15) is 0 Å². The molecule has 1 aromatic carbocycles. The molecule has 0 aromatic heterocycles. The van der Waals surface area contributed by atoms with Crippen molar-refractivity contribution in [2.24, 2.45) is 0 Å². The molecule has 11 rings (SSSR count). The summed E-state index contributed by atoms with van der Waals surface area (Å²) in [6, 6.07) is 9.25. The monoisotopic (exact) mass is 400 g/mol. The van der Waals surface area contributed by atoms with E-state index in [1.54, 1.807) is 6.92 Å². The Labute approximate surface area is 146 Å². The summed E-state index contributed by atoms with van der Waals surface area (Å²) in [5, 5.41) is 0. The van der Waals surface area contributed by atoms with Gasteiger partial charge in [0.25, 0.3) is 0 Å². The Hall–Kier alpha value is -1.51. The number of fused-ring (bicyclic) bond motifs is 10. The maximum absolute atomic E-state index is 13.2. The zero-order valence-corrected chi connectivity index (χ0v) is 16.3. The van der Waals surface area contributed by atoms with Gasteiger partial charge in [0, 0.05) is 0 Å². The van der Waals surface area contributed by atoms with Gasteiger partial charge in [-0.25, -0.2) is 0 Å². The SMILES string of the molecule is CC(=O)C(=C[C]12[CH]3[CH]4[CH]5[CH]1[Fe]45321678[CH]2[CH]1[CH]6[C]7(C(C)=O)[CH]28)C(=O)c1ccccc1. The number of allylic oxidation sites excluding steroid dienone is 2. The van der Waals surface area contributed by atoms with E-state index in [2.05, 4.69) is 6.08 Å². The molecule has 10 saturated heterocycles. The van der Waals surface area contributed by atoms with Crippen LogP contribution in [-0.4, -0.2) is 17.3 Å². The summed E-state index contributed by atoms with van der Waals surface area (Å²) >= 11 is 0. The van der Waals surface area contributed by atoms with Crippen LogP contribution in [0.15, 0.2) is 42.0 Å². The number of hydrogen-bond acceptors (Lipinski definition) is 3. The van der Waals surface area contributed by atoms with Gasteiger partial charge in [-0.05, 0) is 0 Å². The Morgan fingerprint density at radius 3 is 1.85 bits per heavy atom. The third kappa shape index (κ3) is 0.190. The molecule has 10 fully saturated rings. The third-order valence-corrected chi connectivity index (χ3v) is 60.5. The maximum atomic E-state index is 13.2. The topological polar surface area (TPSA) is 51.2 Å². The van der Waals surface area contributed by atoms with Crippen molar-refractivity contribution < 1.29 is 20.9 Å². The van der Waals surface area contributed by atoms with Gasteiger partial charge >= 0.3 is 147 Å². The molecule has 0 aliphatic carbocycles. The Morgan fingerprint density at radius 2 is 1.44 bits per heavy atom. The number of hydrogen-bond donors (Lipinski definition) is 0. The second-order valence-electron chi connectivity index (χ2n) is 13.2. The molecule has 10 aliphatic rings. The first-order valence-electron chi connectivity index (χ1n) is 10.2. The van der Waals surface area contributed by atoms with E-state index in [0.29, 0.717) is 16.9 Å². The fourth-order valence-corrected chi connectivity index (χ4v) is 95.4. The standard InChI is InChI=1S/C16H13O2.C7H7O.Fe/c1-12(17)15(11-13-7-5-6-8-13)16(18)14-9-3-2-4-10-14;1-6(8)7-4-2-3-5-7;/h2-11H,1H3;2-5H,1H3;. The summed E-state index contributed by atoms with van der Waals surface area (Å²) in [7, 11) is 0. The second kappa shape index (κ2) is 1.34. The number of ketones is 3. The van der Waals surface area contributed by atoms with Crippen molar-refractivity contribution in [3.05, 3.63) is 47.5 Å². The van der Waals surface area contributed by atoms with Crippen molar-refractivity contribution in [1.29, 1.82) is 0 Å². The normalized spacial score (nSPS) is 82.4. The molecule has 138 valence electrons. The third-order valence-electron chi connectivity index (χ3n) is 17.5. The number of carbonyl (C=O) groups excluding carboxylic acids is 3. The first-order chi connectivity index (χ1) is 12.7. The van der Waals surface area contributed by atoms with E-state index >= 15 is 0 Å². The Morgan fingerprint density at radius 1 is 0.889 bits per heavy atom. The van der Waals surface area contributed by atoms with Crippen molar-refractivity contribution >= 4 is 17.3 Å². The van der Waals surface area contributed by atoms with E-state index < -0.39 is 6.51 Å². The first kappa shape index (κ1) is 12.1. The van der Waals surface area contributed by atoms with Crippen molar-refractivity contribution in [3.8, 4) is 0 Å². The van der Waals surface area contributed by atoms with Gasteiger partial charge in [-0.15, -0.1) is 0 Å². The van der Waals surface area contributed by atoms with Crippen LogP contribution >= 0.6 is 0 Å². The van der Waals surface area contributed by atoms with Gasteiger partial charge in [0.2, 0.25) is 0 Å². The number of benzene rings is 1. The minimum absolute atomic E-state index is 0.0864. The molecular formula is C23H20FeO3. The van der Waals surface area contributed by atoms with Crippen LogP contribution in [0, 0.1) is 0 Å². The molecule has 0 amide bonds. The van der Waals surface area contributed by atoms with Crippen LogP contribution in [-0.2, 0) is 16.1 Å². The van der Waals surface area contributed by atoms with E-state index in [4.69, 9.17) is 0 Å². The molecule has 10 aliphatic heterocycles. The molecule has 10 heterocycles. The average Bonchev–Trinajstić information content (AvgIpc) is 3.60. The van der Waals surface area contributed by atoms with Crippen LogP contribution < -0.4 is 0 Å². The fourth-order valence-electron chi connectivity index (χ4n) is 19.4. The second-order valence-corrected chi connectivity index (χ2v) is 36.4. The fraction of sp³-hybridized carbons (Fsp3) is 0.522. The van der Waals surface area contributed by atoms with Gasteiger partial charge in [-0.1, -0.05) is 0 Å². The van der Waals surface area contributed by atoms with Crippen molar-refractivity contribution in [1.82, 2.24) is 0 Å². The summed E-state index contributed by atoms with van der Waals surface area (Å²) in [5.74, 6) is 0.341. The quantitative estimate of drug-likeness (QED) is 0.227. The Kier molecular flexibility index (Phi) is 0.602. The zero-order chi connectivity index (χ0) is 18.1. The van der Waals surface area contributed by atoms with Gasteiger partial charge < -0.3 is 0 Å². The van der Waals surface area contributed by atoms with Crippen LogP contribution in [0.1, 0.15) is 24.2 Å². The molecule has 0 N–H and O–H groups in total. The van der Waals surface area contributed by atoms with Gasteiger partial charge in [0.05, 0.1) is 0 Å². The molecule has 1 spiro atoms. The van der Waals surface area contributed by atoms with Crippen LogP contribution in [0.2, 0.25) is 47.2 Å². The van der Waals surface area contributed by atoms with Crippen LogP contribution in [0.5, 0.6) is 0 Å². The van der Waals surface area contributed by atoms with Gasteiger partial charge in [0.15, 0.2) is 0 Å². The van der Waals surface area contributed by atoms with E-state index in [0.717, 1.165) is 38.5 Å². The van der Waals surface area contributed by atoms with Crippen LogP contribution in [0.25, 0.3) is 0 Å². The van der Waals surface area contributed by atoms with Crippen molar-refractivity contribution in [2.75, 3.05) is 0 Å². The van der Waals surface area contributed by atoms with E-state index in [9.17, 15) is 14.4 Å². The molecule has 1 aromatic rings. The molecule has 4 heteroatoms. The summed E-state index contributed by atoms with van der Waals surface area (Å²) < 4.78 is 0.397. The first-order valence-corrected chi connectivity index (χ1v) is 16.4. The molecule has 0 saturated carbocycles. The number of Topliss-reactive ketones (excluding diaryl/α,β-unsaturated/α-hetero) is 3. The molecule has 27 heavy (non-hydrogen) atoms. The Balaban J connectivity index is 1.24. The van der Waals surface area contributed by atoms with Gasteiger partial charge in [-0.3, -0.25) is 0 Å². The van der Waals surface area contributed by atoms with E-state index in [1.807, 2.05) is 37.3 Å². The molecule has 0 bridgehead atoms. The summed E-state index contributed by atoms with van der Waals surface area (Å²) in [6.07, 6.45) is 2.25. The summed E-state index contributed by atoms with van der Waals surface area (Å²) in [6.45, 7) is -0.461. The predicted molar refractivity (Wildman–Crippen MR) is 95.6 cm³/mol.